The fourth-order valence-electron chi connectivity index (χ4n) is 3.88. The summed E-state index contributed by atoms with van der Waals surface area (Å²) in [5, 5.41) is 6.78. The summed E-state index contributed by atoms with van der Waals surface area (Å²) in [4.78, 5) is 0. The molecule has 0 aliphatic carbocycles. The molecule has 0 heterocycles. The van der Waals surface area contributed by atoms with Crippen molar-refractivity contribution in [3.05, 3.63) is 93.1 Å². The van der Waals surface area contributed by atoms with E-state index >= 15 is 0 Å². The molecule has 0 saturated heterocycles. The van der Waals surface area contributed by atoms with Crippen LogP contribution in [-0.2, 0) is 13.2 Å². The van der Waals surface area contributed by atoms with E-state index in [1.54, 1.807) is 20.4 Å². The molecule has 0 saturated carbocycles. The molecule has 7 heteroatoms. The number of ether oxygens (including phenoxy) is 4. The van der Waals surface area contributed by atoms with Crippen LogP contribution in [0.4, 0.5) is 0 Å². The van der Waals surface area contributed by atoms with Gasteiger partial charge < -0.3 is 24.4 Å². The zero-order valence-corrected chi connectivity index (χ0v) is 22.7. The van der Waals surface area contributed by atoms with Crippen LogP contribution in [-0.4, -0.2) is 27.0 Å². The minimum Gasteiger partial charge on any atom is -0.493 e. The van der Waals surface area contributed by atoms with Gasteiger partial charge in [-0.1, -0.05) is 48.5 Å². The number of fused-ring (bicyclic) bond motifs is 1. The lowest BCUT2D eigenvalue weighted by Gasteiger charge is -2.15. The Kier molecular flexibility index (Phi) is 8.89. The topological polar surface area (TPSA) is 61.3 Å². The summed E-state index contributed by atoms with van der Waals surface area (Å²) in [7, 11) is 3.25. The second-order valence-corrected chi connectivity index (χ2v) is 9.13. The van der Waals surface area contributed by atoms with Gasteiger partial charge in [0.2, 0.25) is 0 Å². The lowest BCUT2D eigenvalue weighted by molar-refractivity contribution is 0.268. The molecule has 0 aliphatic rings. The molecule has 1 N–H and O–H groups in total. The second-order valence-electron chi connectivity index (χ2n) is 7.97. The van der Waals surface area contributed by atoms with Crippen LogP contribution >= 0.6 is 22.6 Å². The highest BCUT2D eigenvalue weighted by Gasteiger charge is 2.13. The summed E-state index contributed by atoms with van der Waals surface area (Å²) < 4.78 is 23.8. The first-order valence-corrected chi connectivity index (χ1v) is 12.7. The second kappa shape index (κ2) is 12.5. The van der Waals surface area contributed by atoms with Gasteiger partial charge in [-0.3, -0.25) is 0 Å². The van der Waals surface area contributed by atoms with Crippen molar-refractivity contribution in [2.24, 2.45) is 5.10 Å². The van der Waals surface area contributed by atoms with Crippen LogP contribution in [0.3, 0.4) is 0 Å². The molecule has 0 aromatic heterocycles. The Morgan fingerprint density at radius 1 is 0.861 bits per heavy atom. The quantitative estimate of drug-likeness (QED) is 0.121. The molecule has 0 spiro atoms. The van der Waals surface area contributed by atoms with Crippen molar-refractivity contribution < 1.29 is 18.9 Å². The van der Waals surface area contributed by atoms with E-state index in [2.05, 4.69) is 69.5 Å². The third-order valence-electron chi connectivity index (χ3n) is 5.62. The van der Waals surface area contributed by atoms with E-state index in [1.807, 2.05) is 43.3 Å². The number of hydrogen-bond donors (Lipinski definition) is 1. The molecular formula is C29H29IN2O4. The molecule has 0 amide bonds. The van der Waals surface area contributed by atoms with Gasteiger partial charge in [0.25, 0.3) is 0 Å². The van der Waals surface area contributed by atoms with Crippen molar-refractivity contribution in [2.45, 2.75) is 20.1 Å². The van der Waals surface area contributed by atoms with Gasteiger partial charge in [0.1, 0.15) is 6.61 Å². The molecule has 0 aliphatic heterocycles. The van der Waals surface area contributed by atoms with Crippen molar-refractivity contribution >= 4 is 39.6 Å². The number of methoxy groups -OCH3 is 2. The molecule has 186 valence electrons. The minimum absolute atomic E-state index is 0.456. The van der Waals surface area contributed by atoms with Gasteiger partial charge >= 0.3 is 0 Å². The van der Waals surface area contributed by atoms with E-state index in [1.165, 1.54) is 10.8 Å². The molecule has 0 atom stereocenters. The fraction of sp³-hybridized carbons (Fsp3) is 0.207. The van der Waals surface area contributed by atoms with Crippen LogP contribution in [0.15, 0.2) is 77.9 Å². The van der Waals surface area contributed by atoms with Crippen molar-refractivity contribution in [1.82, 2.24) is 5.43 Å². The number of halogens is 1. The van der Waals surface area contributed by atoms with Gasteiger partial charge in [0.15, 0.2) is 23.0 Å². The molecule has 36 heavy (non-hydrogen) atoms. The lowest BCUT2D eigenvalue weighted by atomic mass is 10.1. The third kappa shape index (κ3) is 6.20. The Morgan fingerprint density at radius 2 is 1.67 bits per heavy atom. The van der Waals surface area contributed by atoms with Crippen LogP contribution in [0.1, 0.15) is 23.6 Å². The Hall–Kier alpha value is -3.46. The summed E-state index contributed by atoms with van der Waals surface area (Å²) in [6.45, 7) is 3.52. The van der Waals surface area contributed by atoms with E-state index < -0.39 is 0 Å². The van der Waals surface area contributed by atoms with Crippen LogP contribution in [0.5, 0.6) is 23.0 Å². The minimum atomic E-state index is 0.456. The maximum absolute atomic E-state index is 6.28. The number of nitrogens with one attached hydrogen (secondary N) is 1. The SMILES string of the molecule is CCOc1cc(/C=N/NCc2ccc(OC)c(OC)c2)cc(I)c1OCc1cccc2ccccc12. The summed E-state index contributed by atoms with van der Waals surface area (Å²) in [5.74, 6) is 2.83. The molecule has 6 nitrogen and oxygen atoms in total. The van der Waals surface area contributed by atoms with Crippen molar-refractivity contribution in [3.63, 3.8) is 0 Å². The Morgan fingerprint density at radius 3 is 2.47 bits per heavy atom. The normalized spacial score (nSPS) is 11.0. The molecule has 0 bridgehead atoms. The molecule has 4 aromatic rings. The molecule has 0 radical (unpaired) electrons. The largest absolute Gasteiger partial charge is 0.493 e. The van der Waals surface area contributed by atoms with E-state index in [-0.39, 0.29) is 0 Å². The molecule has 0 unspecified atom stereocenters. The number of benzene rings is 4. The summed E-state index contributed by atoms with van der Waals surface area (Å²) >= 11 is 2.28. The average Bonchev–Trinajstić information content (AvgIpc) is 2.90. The first kappa shape index (κ1) is 25.6. The average molecular weight is 596 g/mol. The molecule has 4 rings (SSSR count). The Balaban J connectivity index is 1.45. The highest BCUT2D eigenvalue weighted by molar-refractivity contribution is 14.1. The van der Waals surface area contributed by atoms with E-state index in [0.717, 1.165) is 26.0 Å². The predicted octanol–water partition coefficient (Wildman–Crippen LogP) is 6.56. The first-order valence-electron chi connectivity index (χ1n) is 11.7. The number of rotatable bonds is 11. The van der Waals surface area contributed by atoms with Crippen molar-refractivity contribution in [2.75, 3.05) is 20.8 Å². The molecular weight excluding hydrogens is 567 g/mol. The van der Waals surface area contributed by atoms with Crippen LogP contribution in [0.2, 0.25) is 0 Å². The number of hydrazone groups is 1. The lowest BCUT2D eigenvalue weighted by Crippen LogP contribution is -2.06. The van der Waals surface area contributed by atoms with Crippen LogP contribution in [0, 0.1) is 3.57 Å². The fourth-order valence-corrected chi connectivity index (χ4v) is 4.66. The zero-order chi connectivity index (χ0) is 25.3. The van der Waals surface area contributed by atoms with Crippen molar-refractivity contribution in [3.8, 4) is 23.0 Å². The first-order chi connectivity index (χ1) is 17.6. The predicted molar refractivity (Wildman–Crippen MR) is 153 cm³/mol. The maximum Gasteiger partial charge on any atom is 0.175 e. The number of hydrogen-bond acceptors (Lipinski definition) is 6. The summed E-state index contributed by atoms with van der Waals surface area (Å²) in [6.07, 6.45) is 1.78. The van der Waals surface area contributed by atoms with Gasteiger partial charge in [0, 0.05) is 0 Å². The van der Waals surface area contributed by atoms with Gasteiger partial charge in [-0.05, 0) is 81.2 Å². The highest BCUT2D eigenvalue weighted by Crippen LogP contribution is 2.35. The van der Waals surface area contributed by atoms with Gasteiger partial charge in [-0.15, -0.1) is 0 Å². The van der Waals surface area contributed by atoms with Crippen molar-refractivity contribution in [1.29, 1.82) is 0 Å². The Bertz CT molecular complexity index is 1350. The van der Waals surface area contributed by atoms with Gasteiger partial charge in [0.05, 0.1) is 37.2 Å². The summed E-state index contributed by atoms with van der Waals surface area (Å²) in [6, 6.07) is 24.4. The van der Waals surface area contributed by atoms with Gasteiger partial charge in [-0.2, -0.15) is 5.10 Å². The standard InChI is InChI=1S/C29H29IN2O4/c1-4-35-28-16-21(18-32-31-17-20-12-13-26(33-2)27(15-20)34-3)14-25(30)29(28)36-19-23-10-7-9-22-8-5-6-11-24(22)23/h5-16,18,31H,4,17,19H2,1-3H3/b32-18+. The van der Waals surface area contributed by atoms with E-state index in [0.29, 0.717) is 37.0 Å². The third-order valence-corrected chi connectivity index (χ3v) is 6.42. The summed E-state index contributed by atoms with van der Waals surface area (Å²) in [5.41, 5.74) is 6.17. The smallest absolute Gasteiger partial charge is 0.175 e. The van der Waals surface area contributed by atoms with Crippen LogP contribution in [0.25, 0.3) is 10.8 Å². The number of nitrogens with zero attached hydrogens (tertiary/aromatic N) is 1. The Labute approximate surface area is 225 Å². The maximum atomic E-state index is 6.28. The van der Waals surface area contributed by atoms with E-state index in [4.69, 9.17) is 18.9 Å². The van der Waals surface area contributed by atoms with Gasteiger partial charge in [-0.25, -0.2) is 0 Å². The van der Waals surface area contributed by atoms with E-state index in [9.17, 15) is 0 Å². The molecule has 4 aromatic carbocycles. The molecule has 0 fully saturated rings. The highest BCUT2D eigenvalue weighted by atomic mass is 127. The monoisotopic (exact) mass is 596 g/mol. The zero-order valence-electron chi connectivity index (χ0n) is 20.6. The van der Waals surface area contributed by atoms with Crippen LogP contribution < -0.4 is 24.4 Å².